The molecule has 0 saturated heterocycles. The number of ether oxygens (including phenoxy) is 2. The van der Waals surface area contributed by atoms with Crippen molar-refractivity contribution in [2.45, 2.75) is 33.3 Å². The van der Waals surface area contributed by atoms with Crippen molar-refractivity contribution in [3.8, 4) is 28.5 Å². The number of hydrogen-bond donors (Lipinski definition) is 1. The van der Waals surface area contributed by atoms with Crippen molar-refractivity contribution in [2.75, 3.05) is 5.32 Å². The number of nitrogens with one attached hydrogen (secondary N) is 1. The van der Waals surface area contributed by atoms with Gasteiger partial charge in [0.15, 0.2) is 0 Å². The molecule has 0 bridgehead atoms. The van der Waals surface area contributed by atoms with Crippen molar-refractivity contribution in [2.24, 2.45) is 0 Å². The van der Waals surface area contributed by atoms with E-state index >= 15 is 0 Å². The zero-order valence-electron chi connectivity index (χ0n) is 19.8. The first-order valence-corrected chi connectivity index (χ1v) is 11.4. The van der Waals surface area contributed by atoms with Crippen LogP contribution in [-0.4, -0.2) is 22.0 Å². The van der Waals surface area contributed by atoms with E-state index in [1.54, 1.807) is 36.7 Å². The van der Waals surface area contributed by atoms with Crippen LogP contribution in [0.5, 0.6) is 17.4 Å². The third-order valence-corrected chi connectivity index (χ3v) is 5.12. The third kappa shape index (κ3) is 6.00. The van der Waals surface area contributed by atoms with Gasteiger partial charge in [-0.3, -0.25) is 9.78 Å². The summed E-state index contributed by atoms with van der Waals surface area (Å²) < 4.78 is 26.2. The number of benzene rings is 2. The number of halogens is 1. The maximum Gasteiger partial charge on any atom is 0.258 e. The number of aromatic nitrogens is 2. The lowest BCUT2D eigenvalue weighted by molar-refractivity contribution is 0.102. The summed E-state index contributed by atoms with van der Waals surface area (Å²) in [5, 5.41) is 2.72. The topological polar surface area (TPSA) is 73.3 Å². The molecule has 0 saturated carbocycles. The lowest BCUT2D eigenvalue weighted by Crippen LogP contribution is -2.14. The Kier molecular flexibility index (Phi) is 7.35. The Morgan fingerprint density at radius 1 is 0.971 bits per heavy atom. The predicted molar refractivity (Wildman–Crippen MR) is 133 cm³/mol. The zero-order valence-corrected chi connectivity index (χ0v) is 19.8. The van der Waals surface area contributed by atoms with Crippen molar-refractivity contribution in [3.05, 3.63) is 96.2 Å². The molecule has 2 aromatic heterocycles. The molecule has 2 heterocycles. The minimum Gasteiger partial charge on any atom is -0.491 e. The summed E-state index contributed by atoms with van der Waals surface area (Å²) in [6.07, 6.45) is 4.15. The van der Waals surface area contributed by atoms with E-state index < -0.39 is 11.7 Å². The second-order valence-corrected chi connectivity index (χ2v) is 8.14. The van der Waals surface area contributed by atoms with E-state index in [4.69, 9.17) is 9.47 Å². The molecule has 0 unspecified atom stereocenters. The van der Waals surface area contributed by atoms with Gasteiger partial charge in [-0.25, -0.2) is 9.37 Å². The van der Waals surface area contributed by atoms with Crippen LogP contribution < -0.4 is 14.8 Å². The summed E-state index contributed by atoms with van der Waals surface area (Å²) in [5.74, 6) is -0.0131. The van der Waals surface area contributed by atoms with E-state index in [0.717, 1.165) is 23.2 Å². The second kappa shape index (κ2) is 10.8. The third-order valence-electron chi connectivity index (χ3n) is 5.12. The minimum atomic E-state index is -0.660. The molecule has 0 spiro atoms. The molecule has 2 aromatic carbocycles. The highest BCUT2D eigenvalue weighted by molar-refractivity contribution is 6.04. The summed E-state index contributed by atoms with van der Waals surface area (Å²) in [5.41, 5.74) is 2.97. The molecule has 35 heavy (non-hydrogen) atoms. The highest BCUT2D eigenvalue weighted by atomic mass is 19.1. The zero-order chi connectivity index (χ0) is 24.8. The molecule has 6 nitrogen and oxygen atoms in total. The second-order valence-electron chi connectivity index (χ2n) is 8.14. The smallest absolute Gasteiger partial charge is 0.258 e. The Morgan fingerprint density at radius 3 is 2.63 bits per heavy atom. The van der Waals surface area contributed by atoms with Crippen LogP contribution in [0.2, 0.25) is 0 Å². The van der Waals surface area contributed by atoms with Gasteiger partial charge in [-0.15, -0.1) is 0 Å². The van der Waals surface area contributed by atoms with Crippen LogP contribution in [0, 0.1) is 5.82 Å². The van der Waals surface area contributed by atoms with Crippen molar-refractivity contribution in [1.29, 1.82) is 0 Å². The molecule has 178 valence electrons. The van der Waals surface area contributed by atoms with Gasteiger partial charge in [-0.05, 0) is 80.4 Å². The van der Waals surface area contributed by atoms with Gasteiger partial charge in [0.1, 0.15) is 17.3 Å². The van der Waals surface area contributed by atoms with Crippen molar-refractivity contribution in [1.82, 2.24) is 9.97 Å². The Morgan fingerprint density at radius 2 is 1.83 bits per heavy atom. The van der Waals surface area contributed by atoms with Gasteiger partial charge in [0.05, 0.1) is 11.7 Å². The molecule has 4 aromatic rings. The average molecular weight is 472 g/mol. The summed E-state index contributed by atoms with van der Waals surface area (Å²) in [6.45, 7) is 5.86. The molecule has 0 aliphatic heterocycles. The quantitative estimate of drug-likeness (QED) is 0.310. The number of nitrogens with zero attached hydrogens (tertiary/aromatic N) is 2. The van der Waals surface area contributed by atoms with Crippen LogP contribution in [0.1, 0.15) is 36.8 Å². The molecule has 4 rings (SSSR count). The molecule has 0 fully saturated rings. The molecular formula is C28H26FN3O3. The number of pyridine rings is 2. The minimum absolute atomic E-state index is 0.00979. The normalized spacial score (nSPS) is 10.8. The summed E-state index contributed by atoms with van der Waals surface area (Å²) in [7, 11) is 0. The van der Waals surface area contributed by atoms with Gasteiger partial charge in [0.25, 0.3) is 5.91 Å². The molecule has 0 radical (unpaired) electrons. The van der Waals surface area contributed by atoms with Crippen LogP contribution in [0.3, 0.4) is 0 Å². The molecule has 1 amide bonds. The SMILES string of the molecule is CCc1cc(-c2cccnc2Oc2ccc(F)c(C(=O)Nc3cccc(OC(C)C)c3)c2)ccn1. The van der Waals surface area contributed by atoms with Gasteiger partial charge >= 0.3 is 0 Å². The molecule has 0 atom stereocenters. The van der Waals surface area contributed by atoms with E-state index in [-0.39, 0.29) is 17.4 Å². The Labute approximate surface area is 203 Å². The Balaban J connectivity index is 1.57. The predicted octanol–water partition coefficient (Wildman–Crippen LogP) is 6.68. The number of anilines is 1. The number of amides is 1. The van der Waals surface area contributed by atoms with Crippen LogP contribution >= 0.6 is 0 Å². The van der Waals surface area contributed by atoms with E-state index in [1.807, 2.05) is 45.0 Å². The van der Waals surface area contributed by atoms with Crippen LogP contribution in [0.25, 0.3) is 11.1 Å². The highest BCUT2D eigenvalue weighted by Crippen LogP contribution is 2.32. The summed E-state index contributed by atoms with van der Waals surface area (Å²) >= 11 is 0. The average Bonchev–Trinajstić information content (AvgIpc) is 2.85. The lowest BCUT2D eigenvalue weighted by atomic mass is 10.1. The number of aryl methyl sites for hydroxylation is 1. The largest absolute Gasteiger partial charge is 0.491 e. The van der Waals surface area contributed by atoms with Gasteiger partial charge < -0.3 is 14.8 Å². The first kappa shape index (κ1) is 23.9. The van der Waals surface area contributed by atoms with E-state index in [9.17, 15) is 9.18 Å². The van der Waals surface area contributed by atoms with Crippen LogP contribution in [0.4, 0.5) is 10.1 Å². The fraction of sp³-hybridized carbons (Fsp3) is 0.179. The first-order valence-electron chi connectivity index (χ1n) is 11.4. The van der Waals surface area contributed by atoms with Gasteiger partial charge in [-0.2, -0.15) is 0 Å². The number of rotatable bonds is 8. The molecule has 0 aliphatic carbocycles. The van der Waals surface area contributed by atoms with Crippen LogP contribution in [-0.2, 0) is 6.42 Å². The first-order chi connectivity index (χ1) is 16.9. The monoisotopic (exact) mass is 471 g/mol. The van der Waals surface area contributed by atoms with E-state index in [0.29, 0.717) is 17.3 Å². The maximum atomic E-state index is 14.6. The molecular weight excluding hydrogens is 445 g/mol. The van der Waals surface area contributed by atoms with Crippen molar-refractivity contribution < 1.29 is 18.7 Å². The molecule has 1 N–H and O–H groups in total. The van der Waals surface area contributed by atoms with Crippen molar-refractivity contribution >= 4 is 11.6 Å². The lowest BCUT2D eigenvalue weighted by Gasteiger charge is -2.13. The summed E-state index contributed by atoms with van der Waals surface area (Å²) in [6, 6.07) is 18.5. The summed E-state index contributed by atoms with van der Waals surface area (Å²) in [4.78, 5) is 21.6. The molecule has 7 heteroatoms. The number of carbonyl (C=O) groups is 1. The Bertz CT molecular complexity index is 1340. The highest BCUT2D eigenvalue weighted by Gasteiger charge is 2.16. The van der Waals surface area contributed by atoms with E-state index in [2.05, 4.69) is 15.3 Å². The number of hydrogen-bond acceptors (Lipinski definition) is 5. The van der Waals surface area contributed by atoms with E-state index in [1.165, 1.54) is 18.2 Å². The maximum absolute atomic E-state index is 14.6. The van der Waals surface area contributed by atoms with Gasteiger partial charge in [-0.1, -0.05) is 13.0 Å². The van der Waals surface area contributed by atoms with Gasteiger partial charge in [0.2, 0.25) is 5.88 Å². The fourth-order valence-electron chi connectivity index (χ4n) is 3.50. The number of carbonyl (C=O) groups excluding carboxylic acids is 1. The fourth-order valence-corrected chi connectivity index (χ4v) is 3.50. The standard InChI is InChI=1S/C28H26FN3O3/c1-4-20-15-19(12-14-30-20)24-9-6-13-31-28(24)35-23-10-11-26(29)25(17-23)27(33)32-21-7-5-8-22(16-21)34-18(2)3/h5-18H,4H2,1-3H3,(H,32,33). The Hall–Kier alpha value is -4.26. The molecule has 0 aliphatic rings. The van der Waals surface area contributed by atoms with Crippen molar-refractivity contribution in [3.63, 3.8) is 0 Å². The van der Waals surface area contributed by atoms with Crippen LogP contribution in [0.15, 0.2) is 79.1 Å². The van der Waals surface area contributed by atoms with Gasteiger partial charge in [0, 0.05) is 35.4 Å².